The second-order valence-corrected chi connectivity index (χ2v) is 5.93. The molecule has 2 nitrogen and oxygen atoms in total. The van der Waals surface area contributed by atoms with Gasteiger partial charge in [-0.3, -0.25) is 0 Å². The molecule has 0 spiro atoms. The zero-order valence-electron chi connectivity index (χ0n) is 10.8. The second kappa shape index (κ2) is 5.72. The van der Waals surface area contributed by atoms with E-state index in [2.05, 4.69) is 77.1 Å². The van der Waals surface area contributed by atoms with Crippen LogP contribution in [0.4, 0.5) is 0 Å². The van der Waals surface area contributed by atoms with Crippen molar-refractivity contribution in [2.45, 2.75) is 26.4 Å². The first kappa shape index (κ1) is 13.4. The number of rotatable bonds is 4. The summed E-state index contributed by atoms with van der Waals surface area (Å²) >= 11 is 3.45. The number of aromatic nitrogens is 1. The molecule has 1 unspecified atom stereocenters. The van der Waals surface area contributed by atoms with Gasteiger partial charge in [-0.2, -0.15) is 0 Å². The van der Waals surface area contributed by atoms with E-state index in [0.29, 0.717) is 5.92 Å². The van der Waals surface area contributed by atoms with Crippen molar-refractivity contribution >= 4 is 15.9 Å². The molecule has 0 saturated carbocycles. The lowest BCUT2D eigenvalue weighted by atomic mass is 10.00. The van der Waals surface area contributed by atoms with E-state index in [0.717, 1.165) is 11.0 Å². The second-order valence-electron chi connectivity index (χ2n) is 5.01. The van der Waals surface area contributed by atoms with Crippen LogP contribution in [-0.4, -0.2) is 4.57 Å². The van der Waals surface area contributed by atoms with Crippen LogP contribution in [0.15, 0.2) is 47.2 Å². The van der Waals surface area contributed by atoms with Crippen LogP contribution in [0.3, 0.4) is 0 Å². The van der Waals surface area contributed by atoms with E-state index in [4.69, 9.17) is 5.73 Å². The molecule has 0 aliphatic heterocycles. The van der Waals surface area contributed by atoms with Gasteiger partial charge >= 0.3 is 0 Å². The Bertz CT molecular complexity index is 499. The normalized spacial score (nSPS) is 12.9. The summed E-state index contributed by atoms with van der Waals surface area (Å²) in [5, 5.41) is 0. The highest BCUT2D eigenvalue weighted by Crippen LogP contribution is 2.19. The third-order valence-corrected chi connectivity index (χ3v) is 3.68. The molecule has 0 amide bonds. The molecular weight excluding hydrogens is 288 g/mol. The zero-order chi connectivity index (χ0) is 13.1. The van der Waals surface area contributed by atoms with Crippen molar-refractivity contribution in [3.8, 4) is 0 Å². The maximum absolute atomic E-state index is 6.14. The van der Waals surface area contributed by atoms with Gasteiger partial charge in [0.15, 0.2) is 0 Å². The van der Waals surface area contributed by atoms with Crippen molar-refractivity contribution in [3.05, 3.63) is 58.3 Å². The summed E-state index contributed by atoms with van der Waals surface area (Å²) < 4.78 is 3.29. The smallest absolute Gasteiger partial charge is 0.0470 e. The molecule has 0 aliphatic carbocycles. The number of nitrogens with zero attached hydrogens (tertiary/aromatic N) is 1. The van der Waals surface area contributed by atoms with Crippen LogP contribution in [0.5, 0.6) is 0 Å². The largest absolute Gasteiger partial charge is 0.350 e. The first-order valence-electron chi connectivity index (χ1n) is 6.22. The Kier molecular flexibility index (Phi) is 4.25. The summed E-state index contributed by atoms with van der Waals surface area (Å²) in [5.74, 6) is 0.466. The minimum absolute atomic E-state index is 0.121. The molecular formula is C15H19BrN2. The third-order valence-electron chi connectivity index (χ3n) is 3.15. The summed E-state index contributed by atoms with van der Waals surface area (Å²) in [4.78, 5) is 0. The molecule has 0 fully saturated rings. The van der Waals surface area contributed by atoms with E-state index in [-0.39, 0.29) is 6.04 Å². The van der Waals surface area contributed by atoms with Gasteiger partial charge in [0.2, 0.25) is 0 Å². The maximum Gasteiger partial charge on any atom is 0.0470 e. The molecule has 0 aliphatic rings. The number of halogens is 1. The SMILES string of the molecule is CC(C)C(N)c1ccn(Cc2ccc(Br)cc2)c1. The third kappa shape index (κ3) is 3.24. The average Bonchev–Trinajstić information content (AvgIpc) is 2.79. The molecule has 1 atom stereocenters. The maximum atomic E-state index is 6.14. The molecule has 18 heavy (non-hydrogen) atoms. The molecule has 0 bridgehead atoms. The van der Waals surface area contributed by atoms with Crippen molar-refractivity contribution in [1.29, 1.82) is 0 Å². The Morgan fingerprint density at radius 1 is 1.17 bits per heavy atom. The summed E-state index contributed by atoms with van der Waals surface area (Å²) in [6.07, 6.45) is 4.24. The molecule has 2 aromatic rings. The number of hydrogen-bond donors (Lipinski definition) is 1. The fraction of sp³-hybridized carbons (Fsp3) is 0.333. The summed E-state index contributed by atoms with van der Waals surface area (Å²) in [6.45, 7) is 5.19. The first-order valence-corrected chi connectivity index (χ1v) is 7.01. The van der Waals surface area contributed by atoms with E-state index in [1.165, 1.54) is 11.1 Å². The molecule has 1 aromatic carbocycles. The minimum atomic E-state index is 0.121. The lowest BCUT2D eigenvalue weighted by molar-refractivity contribution is 0.513. The van der Waals surface area contributed by atoms with Crippen LogP contribution < -0.4 is 5.73 Å². The van der Waals surface area contributed by atoms with Gasteiger partial charge in [-0.05, 0) is 35.2 Å². The molecule has 0 saturated heterocycles. The topological polar surface area (TPSA) is 30.9 Å². The number of nitrogens with two attached hydrogens (primary N) is 1. The van der Waals surface area contributed by atoms with Crippen LogP contribution in [0, 0.1) is 5.92 Å². The van der Waals surface area contributed by atoms with Gasteiger partial charge in [0.25, 0.3) is 0 Å². The fourth-order valence-electron chi connectivity index (χ4n) is 1.94. The Morgan fingerprint density at radius 2 is 1.83 bits per heavy atom. The quantitative estimate of drug-likeness (QED) is 0.911. The molecule has 96 valence electrons. The lowest BCUT2D eigenvalue weighted by Gasteiger charge is -2.13. The van der Waals surface area contributed by atoms with Crippen LogP contribution in [-0.2, 0) is 6.54 Å². The lowest BCUT2D eigenvalue weighted by Crippen LogP contribution is -2.15. The van der Waals surface area contributed by atoms with Gasteiger partial charge in [0.05, 0.1) is 0 Å². The van der Waals surface area contributed by atoms with Gasteiger partial charge in [0.1, 0.15) is 0 Å². The molecule has 1 aromatic heterocycles. The first-order chi connectivity index (χ1) is 8.56. The summed E-state index contributed by atoms with van der Waals surface area (Å²) in [6, 6.07) is 10.6. The number of hydrogen-bond acceptors (Lipinski definition) is 1. The summed E-state index contributed by atoms with van der Waals surface area (Å²) in [7, 11) is 0. The van der Waals surface area contributed by atoms with Crippen LogP contribution in [0.25, 0.3) is 0 Å². The minimum Gasteiger partial charge on any atom is -0.350 e. The van der Waals surface area contributed by atoms with Gasteiger partial charge in [-0.1, -0.05) is 41.9 Å². The van der Waals surface area contributed by atoms with E-state index in [1.54, 1.807) is 0 Å². The Balaban J connectivity index is 2.09. The van der Waals surface area contributed by atoms with E-state index in [1.807, 2.05) is 0 Å². The molecule has 2 rings (SSSR count). The van der Waals surface area contributed by atoms with Crippen molar-refractivity contribution in [3.63, 3.8) is 0 Å². The van der Waals surface area contributed by atoms with Gasteiger partial charge in [-0.25, -0.2) is 0 Å². The molecule has 3 heteroatoms. The highest BCUT2D eigenvalue weighted by atomic mass is 79.9. The fourth-order valence-corrected chi connectivity index (χ4v) is 2.20. The van der Waals surface area contributed by atoms with Crippen molar-refractivity contribution in [1.82, 2.24) is 4.57 Å². The molecule has 1 heterocycles. The number of benzene rings is 1. The average molecular weight is 307 g/mol. The monoisotopic (exact) mass is 306 g/mol. The van der Waals surface area contributed by atoms with Crippen molar-refractivity contribution in [2.24, 2.45) is 11.7 Å². The Hall–Kier alpha value is -1.06. The Morgan fingerprint density at radius 3 is 2.44 bits per heavy atom. The van der Waals surface area contributed by atoms with Crippen LogP contribution >= 0.6 is 15.9 Å². The zero-order valence-corrected chi connectivity index (χ0v) is 12.4. The van der Waals surface area contributed by atoms with E-state index < -0.39 is 0 Å². The predicted molar refractivity (Wildman–Crippen MR) is 79.4 cm³/mol. The van der Waals surface area contributed by atoms with Gasteiger partial charge < -0.3 is 10.3 Å². The highest BCUT2D eigenvalue weighted by molar-refractivity contribution is 9.10. The summed E-state index contributed by atoms with van der Waals surface area (Å²) in [5.41, 5.74) is 8.65. The van der Waals surface area contributed by atoms with Crippen molar-refractivity contribution < 1.29 is 0 Å². The molecule has 0 radical (unpaired) electrons. The van der Waals surface area contributed by atoms with E-state index in [9.17, 15) is 0 Å². The van der Waals surface area contributed by atoms with Gasteiger partial charge in [-0.15, -0.1) is 0 Å². The van der Waals surface area contributed by atoms with E-state index >= 15 is 0 Å². The Labute approximate surface area is 117 Å². The standard InChI is InChI=1S/C15H19BrN2/c1-11(2)15(17)13-7-8-18(10-13)9-12-3-5-14(16)6-4-12/h3-8,10-11,15H,9,17H2,1-2H3. The van der Waals surface area contributed by atoms with Gasteiger partial charge in [0, 0.05) is 29.5 Å². The predicted octanol–water partition coefficient (Wildman–Crippen LogP) is 3.95. The molecule has 2 N–H and O–H groups in total. The van der Waals surface area contributed by atoms with Crippen LogP contribution in [0.2, 0.25) is 0 Å². The van der Waals surface area contributed by atoms with Crippen LogP contribution in [0.1, 0.15) is 31.0 Å². The van der Waals surface area contributed by atoms with Crippen molar-refractivity contribution in [2.75, 3.05) is 0 Å². The highest BCUT2D eigenvalue weighted by Gasteiger charge is 2.11.